The van der Waals surface area contributed by atoms with E-state index in [4.69, 9.17) is 9.47 Å². The van der Waals surface area contributed by atoms with Crippen LogP contribution < -0.4 is 0 Å². The second-order valence-electron chi connectivity index (χ2n) is 7.65. The van der Waals surface area contributed by atoms with Crippen molar-refractivity contribution in [1.82, 2.24) is 0 Å². The van der Waals surface area contributed by atoms with E-state index in [1.165, 1.54) is 19.6 Å². The molecular formula is C19H30O4. The largest absolute Gasteiger partial charge is 0.469 e. The minimum Gasteiger partial charge on any atom is -0.469 e. The molecule has 1 saturated carbocycles. The lowest BCUT2D eigenvalue weighted by atomic mass is 9.52. The van der Waals surface area contributed by atoms with Crippen molar-refractivity contribution in [3.63, 3.8) is 0 Å². The van der Waals surface area contributed by atoms with Crippen LogP contribution in [0.1, 0.15) is 59.8 Å². The summed E-state index contributed by atoms with van der Waals surface area (Å²) >= 11 is 0. The average molecular weight is 322 g/mol. The first-order valence-corrected chi connectivity index (χ1v) is 8.68. The van der Waals surface area contributed by atoms with Crippen LogP contribution in [0.5, 0.6) is 0 Å². The van der Waals surface area contributed by atoms with Gasteiger partial charge < -0.3 is 9.47 Å². The zero-order valence-electron chi connectivity index (χ0n) is 15.1. The highest BCUT2D eigenvalue weighted by Crippen LogP contribution is 2.58. The molecule has 0 unspecified atom stereocenters. The topological polar surface area (TPSA) is 52.6 Å². The van der Waals surface area contributed by atoms with Crippen LogP contribution in [0, 0.1) is 22.7 Å². The summed E-state index contributed by atoms with van der Waals surface area (Å²) in [5.41, 5.74) is 0.929. The molecule has 4 atom stereocenters. The number of carbonyl (C=O) groups is 2. The van der Waals surface area contributed by atoms with Crippen LogP contribution in [0.4, 0.5) is 0 Å². The van der Waals surface area contributed by atoms with Crippen molar-refractivity contribution < 1.29 is 19.1 Å². The van der Waals surface area contributed by atoms with E-state index >= 15 is 0 Å². The maximum absolute atomic E-state index is 12.4. The van der Waals surface area contributed by atoms with Gasteiger partial charge in [0.25, 0.3) is 0 Å². The van der Waals surface area contributed by atoms with Crippen LogP contribution in [0.15, 0.2) is 11.6 Å². The Hall–Kier alpha value is -1.32. The molecule has 0 aromatic carbocycles. The van der Waals surface area contributed by atoms with Gasteiger partial charge in [-0.1, -0.05) is 25.5 Å². The molecule has 2 aliphatic carbocycles. The van der Waals surface area contributed by atoms with Gasteiger partial charge in [-0.25, -0.2) is 0 Å². The lowest BCUT2D eigenvalue weighted by Gasteiger charge is -2.52. The van der Waals surface area contributed by atoms with Gasteiger partial charge in [-0.3, -0.25) is 9.59 Å². The maximum atomic E-state index is 12.4. The van der Waals surface area contributed by atoms with Crippen molar-refractivity contribution in [1.29, 1.82) is 0 Å². The highest BCUT2D eigenvalue weighted by atomic mass is 16.5. The number of ether oxygens (including phenoxy) is 2. The van der Waals surface area contributed by atoms with Gasteiger partial charge in [0.05, 0.1) is 19.1 Å². The molecule has 2 rings (SSSR count). The highest BCUT2D eigenvalue weighted by Gasteiger charge is 2.52. The third-order valence-electron chi connectivity index (χ3n) is 6.39. The molecule has 0 amide bonds. The van der Waals surface area contributed by atoms with Crippen molar-refractivity contribution in [3.8, 4) is 0 Å². The van der Waals surface area contributed by atoms with Gasteiger partial charge in [-0.15, -0.1) is 0 Å². The van der Waals surface area contributed by atoms with Crippen LogP contribution in [-0.4, -0.2) is 25.7 Å². The molecular weight excluding hydrogens is 292 g/mol. The Kier molecular flexibility index (Phi) is 5.22. The first-order valence-electron chi connectivity index (χ1n) is 8.68. The summed E-state index contributed by atoms with van der Waals surface area (Å²) in [5.74, 6) is 0.429. The molecule has 0 radical (unpaired) electrons. The molecule has 0 spiro atoms. The third-order valence-corrected chi connectivity index (χ3v) is 6.39. The van der Waals surface area contributed by atoms with Gasteiger partial charge >= 0.3 is 11.9 Å². The molecule has 0 bridgehead atoms. The van der Waals surface area contributed by atoms with Gasteiger partial charge in [0.15, 0.2) is 0 Å². The van der Waals surface area contributed by atoms with E-state index in [0.29, 0.717) is 12.5 Å². The minimum absolute atomic E-state index is 0.0198. The molecule has 0 aromatic heterocycles. The summed E-state index contributed by atoms with van der Waals surface area (Å²) in [4.78, 5) is 23.5. The van der Waals surface area contributed by atoms with Crippen molar-refractivity contribution in [2.24, 2.45) is 22.7 Å². The Morgan fingerprint density at radius 3 is 2.61 bits per heavy atom. The van der Waals surface area contributed by atoms with Gasteiger partial charge in [0.1, 0.15) is 0 Å². The predicted octanol–water partition coefficient (Wildman–Crippen LogP) is 3.89. The monoisotopic (exact) mass is 322 g/mol. The van der Waals surface area contributed by atoms with Gasteiger partial charge in [0, 0.05) is 6.92 Å². The van der Waals surface area contributed by atoms with E-state index in [9.17, 15) is 9.59 Å². The first-order chi connectivity index (χ1) is 10.8. The standard InChI is InChI=1S/C19H30O4/c1-13-8-9-16-15(18(13,3)11-12-23-14(2)20)7-6-10-19(16,4)17(21)22-5/h7,13,16H,6,8-12H2,1-5H3/t13-,16+,18+,19+/m1/s1. The summed E-state index contributed by atoms with van der Waals surface area (Å²) in [6.07, 6.45) is 7.02. The van der Waals surface area contributed by atoms with Crippen LogP contribution in [0.3, 0.4) is 0 Å². The summed E-state index contributed by atoms with van der Waals surface area (Å²) < 4.78 is 10.3. The lowest BCUT2D eigenvalue weighted by molar-refractivity contribution is -0.156. The number of allylic oxidation sites excluding steroid dienone is 2. The number of hydrogen-bond acceptors (Lipinski definition) is 4. The quantitative estimate of drug-likeness (QED) is 0.582. The fraction of sp³-hybridized carbons (Fsp3) is 0.789. The van der Waals surface area contributed by atoms with Crippen LogP contribution in [0.2, 0.25) is 0 Å². The average Bonchev–Trinajstić information content (AvgIpc) is 2.50. The number of methoxy groups -OCH3 is 1. The zero-order valence-corrected chi connectivity index (χ0v) is 15.1. The Bertz CT molecular complexity index is 509. The van der Waals surface area contributed by atoms with Crippen molar-refractivity contribution in [3.05, 3.63) is 11.6 Å². The fourth-order valence-corrected chi connectivity index (χ4v) is 4.59. The molecule has 2 aliphatic rings. The lowest BCUT2D eigenvalue weighted by Crippen LogP contribution is -2.48. The summed E-state index contributed by atoms with van der Waals surface area (Å²) in [7, 11) is 1.48. The molecule has 1 fully saturated rings. The molecule has 0 saturated heterocycles. The second-order valence-corrected chi connectivity index (χ2v) is 7.65. The normalized spacial score (nSPS) is 36.7. The molecule has 4 heteroatoms. The first kappa shape index (κ1) is 18.0. The Labute approximate surface area is 139 Å². The molecule has 130 valence electrons. The SMILES string of the molecule is COC(=O)[C@@]1(C)CCC=C2[C@@H]1CC[C@@H](C)[C@]2(C)CCOC(C)=O. The summed E-state index contributed by atoms with van der Waals surface area (Å²) in [6, 6.07) is 0. The number of esters is 2. The van der Waals surface area contributed by atoms with E-state index in [2.05, 4.69) is 26.8 Å². The van der Waals surface area contributed by atoms with Crippen LogP contribution in [-0.2, 0) is 19.1 Å². The molecule has 0 heterocycles. The molecule has 0 N–H and O–H groups in total. The number of fused-ring (bicyclic) bond motifs is 1. The highest BCUT2D eigenvalue weighted by molar-refractivity contribution is 5.77. The van der Waals surface area contributed by atoms with Crippen LogP contribution >= 0.6 is 0 Å². The third kappa shape index (κ3) is 3.17. The molecule has 23 heavy (non-hydrogen) atoms. The van der Waals surface area contributed by atoms with Gasteiger partial charge in [0.2, 0.25) is 0 Å². The number of hydrogen-bond donors (Lipinski definition) is 0. The summed E-state index contributed by atoms with van der Waals surface area (Å²) in [5, 5.41) is 0. The number of rotatable bonds is 4. The van der Waals surface area contributed by atoms with E-state index in [1.54, 1.807) is 0 Å². The fourth-order valence-electron chi connectivity index (χ4n) is 4.59. The second kappa shape index (κ2) is 6.66. The van der Waals surface area contributed by atoms with E-state index in [0.717, 1.165) is 32.1 Å². The molecule has 0 aromatic rings. The van der Waals surface area contributed by atoms with Gasteiger partial charge in [-0.05, 0) is 56.3 Å². The number of carbonyl (C=O) groups excluding carboxylic acids is 2. The summed E-state index contributed by atoms with van der Waals surface area (Å²) in [6.45, 7) is 8.48. The smallest absolute Gasteiger partial charge is 0.312 e. The molecule has 4 nitrogen and oxygen atoms in total. The Morgan fingerprint density at radius 2 is 2.00 bits per heavy atom. The van der Waals surface area contributed by atoms with Crippen molar-refractivity contribution in [2.75, 3.05) is 13.7 Å². The van der Waals surface area contributed by atoms with E-state index in [1.807, 2.05) is 0 Å². The van der Waals surface area contributed by atoms with Crippen molar-refractivity contribution in [2.45, 2.75) is 59.8 Å². The van der Waals surface area contributed by atoms with Crippen LogP contribution in [0.25, 0.3) is 0 Å². The molecule has 0 aliphatic heterocycles. The Morgan fingerprint density at radius 1 is 1.30 bits per heavy atom. The minimum atomic E-state index is -0.429. The van der Waals surface area contributed by atoms with Crippen molar-refractivity contribution >= 4 is 11.9 Å². The maximum Gasteiger partial charge on any atom is 0.312 e. The van der Waals surface area contributed by atoms with Gasteiger partial charge in [-0.2, -0.15) is 0 Å². The van der Waals surface area contributed by atoms with E-state index < -0.39 is 5.41 Å². The van der Waals surface area contributed by atoms with E-state index in [-0.39, 0.29) is 23.3 Å². The zero-order chi connectivity index (χ0) is 17.3. The predicted molar refractivity (Wildman–Crippen MR) is 88.7 cm³/mol. The Balaban J connectivity index is 2.28.